The third-order valence-corrected chi connectivity index (χ3v) is 4.02. The van der Waals surface area contributed by atoms with Crippen molar-refractivity contribution in [2.24, 2.45) is 0 Å². The van der Waals surface area contributed by atoms with Gasteiger partial charge >= 0.3 is 0 Å². The van der Waals surface area contributed by atoms with Gasteiger partial charge in [0.1, 0.15) is 0 Å². The molecule has 1 amide bonds. The second kappa shape index (κ2) is 4.67. The average Bonchev–Trinajstić information content (AvgIpc) is 2.64. The van der Waals surface area contributed by atoms with E-state index in [1.165, 1.54) is 6.42 Å². The van der Waals surface area contributed by atoms with E-state index in [0.717, 1.165) is 24.2 Å². The summed E-state index contributed by atoms with van der Waals surface area (Å²) in [4.78, 5) is 14.1. The lowest BCUT2D eigenvalue weighted by Gasteiger charge is -2.38. The van der Waals surface area contributed by atoms with E-state index in [-0.39, 0.29) is 18.0 Å². The van der Waals surface area contributed by atoms with Crippen LogP contribution in [0.15, 0.2) is 0 Å². The summed E-state index contributed by atoms with van der Waals surface area (Å²) in [7, 11) is 0. The summed E-state index contributed by atoms with van der Waals surface area (Å²) < 4.78 is 0.320. The zero-order valence-electron chi connectivity index (χ0n) is 9.31. The Balaban J connectivity index is 2.19. The number of rotatable bonds is 1. The van der Waals surface area contributed by atoms with Crippen LogP contribution in [0.5, 0.6) is 0 Å². The summed E-state index contributed by atoms with van der Waals surface area (Å²) in [5, 5.41) is 7.87. The number of aromatic nitrogens is 2. The fourth-order valence-corrected chi connectivity index (χ4v) is 3.00. The molecule has 16 heavy (non-hydrogen) atoms. The minimum atomic E-state index is -0.0379. The molecular weight excluding hydrogens is 246 g/mol. The van der Waals surface area contributed by atoms with Crippen LogP contribution in [0.3, 0.4) is 0 Å². The van der Waals surface area contributed by atoms with Crippen molar-refractivity contribution in [1.29, 1.82) is 0 Å². The summed E-state index contributed by atoms with van der Waals surface area (Å²) in [6.45, 7) is 4.16. The minimum absolute atomic E-state index is 0.0379. The van der Waals surface area contributed by atoms with Gasteiger partial charge in [-0.3, -0.25) is 4.79 Å². The lowest BCUT2D eigenvalue weighted by molar-refractivity contribution is 0.0509. The van der Waals surface area contributed by atoms with Gasteiger partial charge in [0.15, 0.2) is 0 Å². The zero-order chi connectivity index (χ0) is 11.7. The normalized spacial score (nSPS) is 25.8. The summed E-state index contributed by atoms with van der Waals surface area (Å²) in [5.74, 6) is -0.0379. The molecule has 0 spiro atoms. The first-order chi connectivity index (χ1) is 7.59. The van der Waals surface area contributed by atoms with Crippen LogP contribution in [-0.2, 0) is 0 Å². The Hall–Kier alpha value is -0.680. The number of carbonyl (C=O) groups excluding carboxylic acids is 1. The first-order valence-electron chi connectivity index (χ1n) is 5.41. The fourth-order valence-electron chi connectivity index (χ4n) is 2.22. The zero-order valence-corrected chi connectivity index (χ0v) is 10.9. The number of halogens is 1. The minimum Gasteiger partial charge on any atom is -0.331 e. The fraction of sp³-hybridized carbons (Fsp3) is 0.700. The molecule has 0 bridgehead atoms. The molecular formula is C10H14ClN3OS. The summed E-state index contributed by atoms with van der Waals surface area (Å²) in [6, 6.07) is 0.554. The van der Waals surface area contributed by atoms with Crippen molar-refractivity contribution in [2.75, 3.05) is 0 Å². The number of amides is 1. The molecule has 0 saturated carbocycles. The Bertz CT molecular complexity index is 385. The number of carbonyl (C=O) groups is 1. The van der Waals surface area contributed by atoms with Crippen molar-refractivity contribution in [2.45, 2.75) is 45.2 Å². The van der Waals surface area contributed by atoms with Gasteiger partial charge in [0, 0.05) is 12.1 Å². The molecule has 4 nitrogen and oxygen atoms in total. The average molecular weight is 260 g/mol. The number of likely N-dealkylation sites (tertiary alicyclic amines) is 1. The molecule has 1 saturated heterocycles. The maximum atomic E-state index is 12.2. The lowest BCUT2D eigenvalue weighted by Crippen LogP contribution is -2.47. The third-order valence-electron chi connectivity index (χ3n) is 3.01. The van der Waals surface area contributed by atoms with Crippen LogP contribution >= 0.6 is 22.9 Å². The van der Waals surface area contributed by atoms with Crippen LogP contribution in [0.25, 0.3) is 0 Å². The topological polar surface area (TPSA) is 46.1 Å². The van der Waals surface area contributed by atoms with Gasteiger partial charge in [-0.05, 0) is 44.7 Å². The van der Waals surface area contributed by atoms with E-state index >= 15 is 0 Å². The first-order valence-corrected chi connectivity index (χ1v) is 6.60. The Morgan fingerprint density at radius 2 is 2.00 bits per heavy atom. The van der Waals surface area contributed by atoms with E-state index in [4.69, 9.17) is 11.6 Å². The Morgan fingerprint density at radius 3 is 2.50 bits per heavy atom. The summed E-state index contributed by atoms with van der Waals surface area (Å²) >= 11 is 6.84. The smallest absolute Gasteiger partial charge is 0.285 e. The molecule has 2 rings (SSSR count). The van der Waals surface area contributed by atoms with Gasteiger partial charge in [-0.2, -0.15) is 0 Å². The van der Waals surface area contributed by atoms with Crippen molar-refractivity contribution in [3.63, 3.8) is 0 Å². The molecule has 1 aliphatic rings. The number of hydrogen-bond acceptors (Lipinski definition) is 4. The molecule has 0 aromatic carbocycles. The van der Waals surface area contributed by atoms with Crippen LogP contribution in [-0.4, -0.2) is 33.1 Å². The van der Waals surface area contributed by atoms with E-state index in [1.807, 2.05) is 4.90 Å². The molecule has 1 aromatic heterocycles. The van der Waals surface area contributed by atoms with Gasteiger partial charge < -0.3 is 4.90 Å². The molecule has 1 fully saturated rings. The third kappa shape index (κ3) is 2.20. The largest absolute Gasteiger partial charge is 0.331 e. The second-order valence-corrected chi connectivity index (χ2v) is 5.76. The highest BCUT2D eigenvalue weighted by Crippen LogP contribution is 2.26. The molecule has 0 radical (unpaired) electrons. The van der Waals surface area contributed by atoms with Crippen LogP contribution < -0.4 is 0 Å². The van der Waals surface area contributed by atoms with Crippen molar-refractivity contribution < 1.29 is 4.79 Å². The van der Waals surface area contributed by atoms with Gasteiger partial charge in [0.05, 0.1) is 0 Å². The van der Waals surface area contributed by atoms with Crippen molar-refractivity contribution in [3.05, 3.63) is 9.47 Å². The van der Waals surface area contributed by atoms with Crippen LogP contribution in [0.1, 0.15) is 42.9 Å². The van der Waals surface area contributed by atoms with Crippen LogP contribution in [0.2, 0.25) is 4.47 Å². The van der Waals surface area contributed by atoms with E-state index in [2.05, 4.69) is 24.0 Å². The van der Waals surface area contributed by atoms with Gasteiger partial charge in [-0.15, -0.1) is 10.2 Å². The van der Waals surface area contributed by atoms with Crippen molar-refractivity contribution >= 4 is 28.8 Å². The maximum Gasteiger partial charge on any atom is 0.285 e. The second-order valence-electron chi connectivity index (χ2n) is 4.20. The quantitative estimate of drug-likeness (QED) is 0.779. The van der Waals surface area contributed by atoms with E-state index < -0.39 is 0 Å². The highest BCUT2D eigenvalue weighted by molar-refractivity contribution is 7.17. The molecule has 1 aliphatic heterocycles. The van der Waals surface area contributed by atoms with Crippen LogP contribution in [0.4, 0.5) is 0 Å². The van der Waals surface area contributed by atoms with Crippen LogP contribution in [0, 0.1) is 0 Å². The highest BCUT2D eigenvalue weighted by atomic mass is 35.5. The molecule has 0 N–H and O–H groups in total. The molecule has 0 aliphatic carbocycles. The SMILES string of the molecule is CC1CCCC(C)N1C(=O)c1nnc(Cl)s1. The standard InChI is InChI=1S/C10H14ClN3OS/c1-6-4-3-5-7(2)14(6)9(15)8-12-13-10(11)16-8/h6-7H,3-5H2,1-2H3. The van der Waals surface area contributed by atoms with Crippen molar-refractivity contribution in [1.82, 2.24) is 15.1 Å². The Labute approximate surface area is 104 Å². The summed E-state index contributed by atoms with van der Waals surface area (Å²) in [6.07, 6.45) is 3.30. The monoisotopic (exact) mass is 259 g/mol. The maximum absolute atomic E-state index is 12.2. The van der Waals surface area contributed by atoms with E-state index in [9.17, 15) is 4.79 Å². The predicted molar refractivity (Wildman–Crippen MR) is 63.9 cm³/mol. The lowest BCUT2D eigenvalue weighted by atomic mass is 9.97. The van der Waals surface area contributed by atoms with Gasteiger partial charge in [-0.1, -0.05) is 11.3 Å². The van der Waals surface area contributed by atoms with Gasteiger partial charge in [0.25, 0.3) is 5.91 Å². The van der Waals surface area contributed by atoms with Gasteiger partial charge in [0.2, 0.25) is 9.47 Å². The Morgan fingerprint density at radius 1 is 1.38 bits per heavy atom. The molecule has 2 heterocycles. The number of hydrogen-bond donors (Lipinski definition) is 0. The van der Waals surface area contributed by atoms with E-state index in [0.29, 0.717) is 9.47 Å². The number of nitrogens with zero attached hydrogens (tertiary/aromatic N) is 3. The molecule has 2 atom stereocenters. The number of piperidine rings is 1. The Kier molecular flexibility index (Phi) is 3.44. The van der Waals surface area contributed by atoms with E-state index in [1.54, 1.807) is 0 Å². The first kappa shape index (κ1) is 11.8. The van der Waals surface area contributed by atoms with Crippen molar-refractivity contribution in [3.8, 4) is 0 Å². The van der Waals surface area contributed by atoms with Gasteiger partial charge in [-0.25, -0.2) is 0 Å². The summed E-state index contributed by atoms with van der Waals surface area (Å²) in [5.41, 5.74) is 0. The highest BCUT2D eigenvalue weighted by Gasteiger charge is 2.31. The molecule has 2 unspecified atom stereocenters. The molecule has 88 valence electrons. The molecule has 6 heteroatoms. The predicted octanol–water partition coefficient (Wildman–Crippen LogP) is 2.59. The molecule has 1 aromatic rings.